The number of nitrogens with zero attached hydrogens (tertiary/aromatic N) is 6. The highest BCUT2D eigenvalue weighted by Crippen LogP contribution is 2.56. The molecule has 0 saturated carbocycles. The molecule has 3 aliphatic rings. The first-order valence-corrected chi connectivity index (χ1v) is 27.8. The number of piperazine rings is 1. The van der Waals surface area contributed by atoms with Crippen molar-refractivity contribution in [1.29, 1.82) is 0 Å². The van der Waals surface area contributed by atoms with Crippen molar-refractivity contribution in [2.24, 2.45) is 5.92 Å². The van der Waals surface area contributed by atoms with E-state index >= 15 is 0 Å². The van der Waals surface area contributed by atoms with Crippen LogP contribution in [-0.2, 0) is 13.9 Å². The summed E-state index contributed by atoms with van der Waals surface area (Å²) in [5.74, 6) is -1.41. The first-order chi connectivity index (χ1) is 35.2. The van der Waals surface area contributed by atoms with E-state index in [0.717, 1.165) is 59.3 Å². The lowest BCUT2D eigenvalue weighted by molar-refractivity contribution is -0.383. The Morgan fingerprint density at radius 3 is 2.14 bits per heavy atom. The van der Waals surface area contributed by atoms with Gasteiger partial charge in [-0.05, 0) is 137 Å². The standard InChI is InChI=1S/C55H61ClN7O8PS/c1-37(2)62-38(3)51(55(66)67)52(53(62)39-12-14-42(56)15-13-39)41-8-7-9-46(34-41)60-30-28-59(29-31-60)44-16-18-45(19-17-44)61-32-33-71-72(61,70)47-20-21-49(50(35-47)63(68)69)57-43(36-73-48-10-5-4-6-11-48)24-27-58-25-22-40(23-26-58)54(64)65/h4-21,34-35,37,40,43,57H,22-33,36H2,1-3H3,(H,64,65)(H,66,67)/t43-,72+/m0/s1. The minimum absolute atomic E-state index is 0.0103. The number of piperidine rings is 1. The fourth-order valence-corrected chi connectivity index (χ4v) is 13.8. The third-order valence-electron chi connectivity index (χ3n) is 14.3. The largest absolute Gasteiger partial charge is 0.481 e. The van der Waals surface area contributed by atoms with Crippen molar-refractivity contribution < 1.29 is 33.8 Å². The maximum Gasteiger partial charge on any atom is 0.338 e. The molecule has 15 nitrogen and oxygen atoms in total. The van der Waals surface area contributed by atoms with Crippen molar-refractivity contribution in [1.82, 2.24) is 9.47 Å². The van der Waals surface area contributed by atoms with Gasteiger partial charge in [-0.15, -0.1) is 11.8 Å². The summed E-state index contributed by atoms with van der Waals surface area (Å²) < 4.78 is 24.7. The summed E-state index contributed by atoms with van der Waals surface area (Å²) in [6.07, 6.45) is 1.88. The molecule has 3 aliphatic heterocycles. The summed E-state index contributed by atoms with van der Waals surface area (Å²) in [7, 11) is -3.74. The van der Waals surface area contributed by atoms with E-state index in [-0.39, 0.29) is 41.2 Å². The number of hydrogen-bond acceptors (Lipinski definition) is 11. The molecule has 0 radical (unpaired) electrons. The number of nitrogens with one attached hydrogen (secondary N) is 1. The van der Waals surface area contributed by atoms with Crippen molar-refractivity contribution in [3.8, 4) is 22.4 Å². The lowest BCUT2D eigenvalue weighted by Crippen LogP contribution is -2.46. The fraction of sp³-hybridized carbons (Fsp3) is 0.345. The topological polar surface area (TPSA) is 174 Å². The van der Waals surface area contributed by atoms with Gasteiger partial charge in [-0.1, -0.05) is 54.1 Å². The summed E-state index contributed by atoms with van der Waals surface area (Å²) in [6.45, 7) is 11.5. The highest BCUT2D eigenvalue weighted by atomic mass is 35.5. The molecule has 0 spiro atoms. The average Bonchev–Trinajstić information content (AvgIpc) is 3.95. The van der Waals surface area contributed by atoms with E-state index in [2.05, 4.69) is 50.6 Å². The van der Waals surface area contributed by atoms with Crippen LogP contribution in [0, 0.1) is 23.0 Å². The molecule has 4 heterocycles. The SMILES string of the molecule is Cc1c(C(=O)O)c(-c2cccc(N3CCN(c4ccc(N5CCO[P@]5(=O)c5ccc(N[C@@H](CCN6CCC(C(=O)O)CC6)CSc6ccccc6)c([N+](=O)[O-])c5)cc4)CC3)c2)c(-c2ccc(Cl)cc2)n1C(C)C. The van der Waals surface area contributed by atoms with Gasteiger partial charge in [0.25, 0.3) is 5.69 Å². The number of nitro benzene ring substituents is 1. The molecule has 3 saturated heterocycles. The minimum atomic E-state index is -3.74. The van der Waals surface area contributed by atoms with Gasteiger partial charge in [0.2, 0.25) is 0 Å². The molecule has 73 heavy (non-hydrogen) atoms. The number of thioether (sulfide) groups is 1. The number of carboxylic acid groups (broad SMARTS) is 2. The number of carbonyl (C=O) groups is 2. The Balaban J connectivity index is 0.880. The van der Waals surface area contributed by atoms with Crippen molar-refractivity contribution >= 4 is 76.6 Å². The van der Waals surface area contributed by atoms with Gasteiger partial charge in [0, 0.05) is 94.9 Å². The van der Waals surface area contributed by atoms with Crippen LogP contribution in [0.15, 0.2) is 126 Å². The number of rotatable bonds is 18. The number of carboxylic acids is 2. The van der Waals surface area contributed by atoms with Crippen LogP contribution in [0.1, 0.15) is 55.2 Å². The number of halogens is 1. The zero-order chi connectivity index (χ0) is 51.4. The van der Waals surface area contributed by atoms with Crippen LogP contribution < -0.4 is 25.1 Å². The number of hydrogen-bond donors (Lipinski definition) is 3. The Morgan fingerprint density at radius 1 is 0.822 bits per heavy atom. The smallest absolute Gasteiger partial charge is 0.338 e. The molecule has 2 atom stereocenters. The maximum atomic E-state index is 14.9. The van der Waals surface area contributed by atoms with Crippen LogP contribution in [0.4, 0.5) is 28.4 Å². The highest BCUT2D eigenvalue weighted by Gasteiger charge is 2.41. The van der Waals surface area contributed by atoms with Crippen LogP contribution >= 0.6 is 30.9 Å². The van der Waals surface area contributed by atoms with Crippen LogP contribution in [0.3, 0.4) is 0 Å². The zero-order valence-corrected chi connectivity index (χ0v) is 43.7. The first-order valence-electron chi connectivity index (χ1n) is 24.8. The first kappa shape index (κ1) is 51.6. The Morgan fingerprint density at radius 2 is 1.49 bits per heavy atom. The summed E-state index contributed by atoms with van der Waals surface area (Å²) in [5, 5.41) is 37.1. The molecular formula is C55H61ClN7O8PS. The summed E-state index contributed by atoms with van der Waals surface area (Å²) in [4.78, 5) is 44.7. The number of nitro groups is 1. The number of aromatic nitrogens is 1. The Kier molecular flexibility index (Phi) is 15.9. The third kappa shape index (κ3) is 11.3. The van der Waals surface area contributed by atoms with E-state index in [1.165, 1.54) is 6.07 Å². The van der Waals surface area contributed by atoms with Gasteiger partial charge >= 0.3 is 19.5 Å². The third-order valence-corrected chi connectivity index (χ3v) is 18.2. The Hall–Kier alpha value is -6.29. The highest BCUT2D eigenvalue weighted by molar-refractivity contribution is 7.99. The predicted octanol–water partition coefficient (Wildman–Crippen LogP) is 11.4. The molecule has 18 heteroatoms. The summed E-state index contributed by atoms with van der Waals surface area (Å²) in [5.41, 5.74) is 7.06. The molecule has 3 fully saturated rings. The number of aromatic carboxylic acids is 1. The average molecular weight is 1050 g/mol. The van der Waals surface area contributed by atoms with Crippen molar-refractivity contribution in [3.05, 3.63) is 148 Å². The van der Waals surface area contributed by atoms with Gasteiger partial charge in [0.05, 0.1) is 40.6 Å². The van der Waals surface area contributed by atoms with Crippen LogP contribution in [0.25, 0.3) is 22.4 Å². The number of aliphatic carboxylic acids is 1. The quantitative estimate of drug-likeness (QED) is 0.0321. The number of anilines is 4. The van der Waals surface area contributed by atoms with Crippen molar-refractivity contribution in [2.75, 3.05) is 84.5 Å². The minimum Gasteiger partial charge on any atom is -0.481 e. The molecule has 9 rings (SSSR count). The lowest BCUT2D eigenvalue weighted by atomic mass is 9.96. The molecule has 1 aromatic heterocycles. The van der Waals surface area contributed by atoms with Gasteiger partial charge in [0.15, 0.2) is 0 Å². The molecule has 382 valence electrons. The van der Waals surface area contributed by atoms with E-state index < -0.39 is 24.4 Å². The van der Waals surface area contributed by atoms with Crippen molar-refractivity contribution in [2.45, 2.75) is 57.0 Å². The molecule has 0 bridgehead atoms. The molecule has 0 amide bonds. The Bertz CT molecular complexity index is 3000. The zero-order valence-electron chi connectivity index (χ0n) is 41.2. The molecule has 0 aliphatic carbocycles. The molecule has 3 N–H and O–H groups in total. The van der Waals surface area contributed by atoms with Gasteiger partial charge < -0.3 is 39.3 Å². The summed E-state index contributed by atoms with van der Waals surface area (Å²) in [6, 6.07) is 38.1. The molecular weight excluding hydrogens is 985 g/mol. The lowest BCUT2D eigenvalue weighted by Gasteiger charge is -2.37. The van der Waals surface area contributed by atoms with Gasteiger partial charge in [0.1, 0.15) is 5.69 Å². The predicted molar refractivity (Wildman–Crippen MR) is 293 cm³/mol. The van der Waals surface area contributed by atoms with Gasteiger partial charge in [-0.3, -0.25) is 24.1 Å². The van der Waals surface area contributed by atoms with Gasteiger partial charge in [-0.25, -0.2) is 4.79 Å². The van der Waals surface area contributed by atoms with E-state index in [1.807, 2.05) is 97.9 Å². The van der Waals surface area contributed by atoms with Crippen molar-refractivity contribution in [3.63, 3.8) is 0 Å². The van der Waals surface area contributed by atoms with E-state index in [0.29, 0.717) is 78.8 Å². The van der Waals surface area contributed by atoms with E-state index in [4.69, 9.17) is 16.1 Å². The van der Waals surface area contributed by atoms with Crippen LogP contribution in [0.2, 0.25) is 5.02 Å². The monoisotopic (exact) mass is 1050 g/mol. The maximum absolute atomic E-state index is 14.9. The second-order valence-corrected chi connectivity index (χ2v) is 23.0. The van der Waals surface area contributed by atoms with E-state index in [1.54, 1.807) is 28.6 Å². The normalized spacial score (nSPS) is 18.1. The molecule has 5 aromatic carbocycles. The number of likely N-dealkylation sites (tertiary alicyclic amines) is 1. The summed E-state index contributed by atoms with van der Waals surface area (Å²) >= 11 is 7.95. The second kappa shape index (κ2) is 22.4. The Labute approximate surface area is 435 Å². The number of benzene rings is 5. The fourth-order valence-electron chi connectivity index (χ4n) is 10.5. The van der Waals surface area contributed by atoms with Crippen LogP contribution in [0.5, 0.6) is 0 Å². The van der Waals surface area contributed by atoms with Gasteiger partial charge in [-0.2, -0.15) is 0 Å². The van der Waals surface area contributed by atoms with Crippen LogP contribution in [-0.4, -0.2) is 107 Å². The molecule has 0 unspecified atom stereocenters. The molecule has 6 aromatic rings. The van der Waals surface area contributed by atoms with E-state index in [9.17, 15) is 34.5 Å². The second-order valence-electron chi connectivity index (χ2n) is 19.1.